The molecular formula is C37H35NO3. The molecule has 0 aliphatic heterocycles. The maximum atomic E-state index is 10.2. The van der Waals surface area contributed by atoms with Gasteiger partial charge in [0.05, 0.1) is 13.2 Å². The summed E-state index contributed by atoms with van der Waals surface area (Å²) in [6.07, 6.45) is 4.35. The molecule has 0 fully saturated rings. The highest BCUT2D eigenvalue weighted by atomic mass is 16.5. The van der Waals surface area contributed by atoms with Crippen molar-refractivity contribution in [2.75, 3.05) is 13.2 Å². The molecular weight excluding hydrogens is 506 g/mol. The lowest BCUT2D eigenvalue weighted by Crippen LogP contribution is -2.02. The maximum Gasteiger partial charge on any atom is 0.293 e. The third-order valence-electron chi connectivity index (χ3n) is 7.43. The van der Waals surface area contributed by atoms with Gasteiger partial charge in [-0.05, 0) is 92.9 Å². The van der Waals surface area contributed by atoms with Crippen LogP contribution in [0.2, 0.25) is 0 Å². The third-order valence-corrected chi connectivity index (χ3v) is 7.43. The Morgan fingerprint density at radius 1 is 0.707 bits per heavy atom. The zero-order valence-corrected chi connectivity index (χ0v) is 23.7. The molecule has 0 spiro atoms. The Kier molecular flexibility index (Phi) is 8.90. The van der Waals surface area contributed by atoms with Crippen LogP contribution in [0.3, 0.4) is 0 Å². The minimum Gasteiger partial charge on any atom is -0.493 e. The summed E-state index contributed by atoms with van der Waals surface area (Å²) in [5, 5.41) is 10.7. The molecule has 0 radical (unpaired) electrons. The normalized spacial score (nSPS) is 10.9. The topological polar surface area (TPSA) is 59.4 Å². The lowest BCUT2D eigenvalue weighted by atomic mass is 9.91. The zero-order chi connectivity index (χ0) is 28.6. The first-order chi connectivity index (χ1) is 20.1. The van der Waals surface area contributed by atoms with E-state index < -0.39 is 0 Å². The fourth-order valence-corrected chi connectivity index (χ4v) is 5.31. The molecule has 1 N–H and O–H groups in total. The molecule has 4 nitrogen and oxygen atoms in total. The molecule has 0 atom stereocenters. The molecule has 0 aliphatic rings. The van der Waals surface area contributed by atoms with Crippen LogP contribution < -0.4 is 4.74 Å². The molecule has 0 saturated heterocycles. The van der Waals surface area contributed by atoms with Gasteiger partial charge in [-0.15, -0.1) is 0 Å². The highest BCUT2D eigenvalue weighted by molar-refractivity contribution is 5.93. The van der Waals surface area contributed by atoms with E-state index in [1.807, 2.05) is 12.1 Å². The van der Waals surface area contributed by atoms with Crippen molar-refractivity contribution in [2.45, 2.75) is 33.1 Å². The molecule has 0 aromatic heterocycles. The fourth-order valence-electron chi connectivity index (χ4n) is 5.31. The van der Waals surface area contributed by atoms with Crippen molar-refractivity contribution in [3.63, 3.8) is 0 Å². The van der Waals surface area contributed by atoms with E-state index in [0.717, 1.165) is 57.5 Å². The first kappa shape index (κ1) is 27.9. The van der Waals surface area contributed by atoms with E-state index in [0.29, 0.717) is 26.1 Å². The van der Waals surface area contributed by atoms with Gasteiger partial charge in [-0.3, -0.25) is 4.79 Å². The van der Waals surface area contributed by atoms with E-state index in [1.165, 1.54) is 28.1 Å². The van der Waals surface area contributed by atoms with Gasteiger partial charge in [0, 0.05) is 18.2 Å². The number of carbonyl (C=O) groups excluding carboxylic acids is 1. The average molecular weight is 542 g/mol. The molecule has 0 amide bonds. The Hall–Kier alpha value is -4.70. The Labute approximate surface area is 242 Å². The SMILES string of the molecule is CCCc1ccc2cc(-c3ccc(-c4ccc(-c5ccc(OCCCOC=O)cc5)c(C)c4)c(C=N)c3)ccc2c1. The number of hydrogen-bond donors (Lipinski definition) is 1. The van der Waals surface area contributed by atoms with E-state index in [9.17, 15) is 4.79 Å². The van der Waals surface area contributed by atoms with Crippen molar-refractivity contribution in [1.29, 1.82) is 5.41 Å². The van der Waals surface area contributed by atoms with Gasteiger partial charge < -0.3 is 14.9 Å². The standard InChI is InChI=1S/C37H35NO3/c1-3-5-27-6-7-30-22-31(9-8-29(30)21-27)32-12-17-37(34(23-32)24-38)33-13-16-36(26(2)20-33)28-10-14-35(15-11-28)41-19-4-18-40-25-39/h6-17,20-25,38H,3-5,18-19H2,1-2H3. The second-order valence-corrected chi connectivity index (χ2v) is 10.3. The van der Waals surface area contributed by atoms with E-state index in [1.54, 1.807) is 0 Å². The number of fused-ring (bicyclic) bond motifs is 1. The molecule has 4 heteroatoms. The maximum absolute atomic E-state index is 10.2. The van der Waals surface area contributed by atoms with Gasteiger partial charge >= 0.3 is 0 Å². The van der Waals surface area contributed by atoms with Gasteiger partial charge in [0.15, 0.2) is 0 Å². The van der Waals surface area contributed by atoms with Crippen molar-refractivity contribution >= 4 is 23.5 Å². The van der Waals surface area contributed by atoms with Crippen LogP contribution in [0, 0.1) is 12.3 Å². The number of aryl methyl sites for hydroxylation is 2. The second-order valence-electron chi connectivity index (χ2n) is 10.3. The minimum atomic E-state index is 0.360. The van der Waals surface area contributed by atoms with Crippen LogP contribution in [0.25, 0.3) is 44.2 Å². The smallest absolute Gasteiger partial charge is 0.293 e. The van der Waals surface area contributed by atoms with Crippen molar-refractivity contribution in [2.24, 2.45) is 0 Å². The lowest BCUT2D eigenvalue weighted by Gasteiger charge is -2.13. The molecule has 5 aromatic rings. The monoisotopic (exact) mass is 541 g/mol. The lowest BCUT2D eigenvalue weighted by molar-refractivity contribution is -0.128. The van der Waals surface area contributed by atoms with Crippen molar-refractivity contribution in [1.82, 2.24) is 0 Å². The Balaban J connectivity index is 1.35. The predicted molar refractivity (Wildman–Crippen MR) is 169 cm³/mol. The minimum absolute atomic E-state index is 0.360. The molecule has 0 saturated carbocycles. The van der Waals surface area contributed by atoms with Gasteiger partial charge in [-0.1, -0.05) is 86.1 Å². The number of carbonyl (C=O) groups is 1. The first-order valence-electron chi connectivity index (χ1n) is 14.2. The van der Waals surface area contributed by atoms with Crippen molar-refractivity contribution < 1.29 is 14.3 Å². The number of hydrogen-bond acceptors (Lipinski definition) is 4. The van der Waals surface area contributed by atoms with Crippen LogP contribution in [0.15, 0.2) is 97.1 Å². The zero-order valence-electron chi connectivity index (χ0n) is 23.7. The average Bonchev–Trinajstić information content (AvgIpc) is 3.01. The largest absolute Gasteiger partial charge is 0.493 e. The first-order valence-corrected chi connectivity index (χ1v) is 14.2. The quantitative estimate of drug-likeness (QED) is 0.0974. The highest BCUT2D eigenvalue weighted by Crippen LogP contribution is 2.33. The Morgan fingerprint density at radius 3 is 2.15 bits per heavy atom. The van der Waals surface area contributed by atoms with Gasteiger partial charge in [-0.25, -0.2) is 0 Å². The summed E-state index contributed by atoms with van der Waals surface area (Å²) in [4.78, 5) is 10.2. The van der Waals surface area contributed by atoms with Gasteiger partial charge in [0.25, 0.3) is 6.47 Å². The summed E-state index contributed by atoms with van der Waals surface area (Å²) < 4.78 is 10.4. The molecule has 0 aliphatic carbocycles. The third kappa shape index (κ3) is 6.55. The van der Waals surface area contributed by atoms with Gasteiger partial charge in [0.1, 0.15) is 5.75 Å². The summed E-state index contributed by atoms with van der Waals surface area (Å²) in [6.45, 7) is 5.64. The molecule has 5 aromatic carbocycles. The number of nitrogens with one attached hydrogen (secondary N) is 1. The molecule has 0 bridgehead atoms. The van der Waals surface area contributed by atoms with Crippen molar-refractivity contribution in [3.05, 3.63) is 114 Å². The second kappa shape index (κ2) is 13.1. The van der Waals surface area contributed by atoms with Crippen LogP contribution in [0.4, 0.5) is 0 Å². The van der Waals surface area contributed by atoms with E-state index >= 15 is 0 Å². The predicted octanol–water partition coefficient (Wildman–Crippen LogP) is 9.04. The Bertz CT molecular complexity index is 1670. The highest BCUT2D eigenvalue weighted by Gasteiger charge is 2.10. The number of ether oxygens (including phenoxy) is 2. The summed E-state index contributed by atoms with van der Waals surface area (Å²) in [6, 6.07) is 34.3. The van der Waals surface area contributed by atoms with Gasteiger partial charge in [-0.2, -0.15) is 0 Å². The number of rotatable bonds is 12. The summed E-state index contributed by atoms with van der Waals surface area (Å²) in [5.41, 5.74) is 10.1. The van der Waals surface area contributed by atoms with Crippen molar-refractivity contribution in [3.8, 4) is 39.1 Å². The fraction of sp³-hybridized carbons (Fsp3) is 0.189. The van der Waals surface area contributed by atoms with Crippen LogP contribution >= 0.6 is 0 Å². The molecule has 206 valence electrons. The Morgan fingerprint density at radius 2 is 1.39 bits per heavy atom. The molecule has 0 unspecified atom stereocenters. The summed E-state index contributed by atoms with van der Waals surface area (Å²) in [5.74, 6) is 0.789. The van der Waals surface area contributed by atoms with Crippen LogP contribution in [0.5, 0.6) is 5.75 Å². The molecule has 5 rings (SSSR count). The molecule has 41 heavy (non-hydrogen) atoms. The molecule has 0 heterocycles. The summed E-state index contributed by atoms with van der Waals surface area (Å²) in [7, 11) is 0. The van der Waals surface area contributed by atoms with Crippen LogP contribution in [0.1, 0.15) is 36.5 Å². The van der Waals surface area contributed by atoms with E-state index in [4.69, 9.17) is 14.9 Å². The van der Waals surface area contributed by atoms with Crippen LogP contribution in [-0.2, 0) is 16.0 Å². The van der Waals surface area contributed by atoms with E-state index in [-0.39, 0.29) is 0 Å². The number of benzene rings is 5. The van der Waals surface area contributed by atoms with Gasteiger partial charge in [0.2, 0.25) is 0 Å². The summed E-state index contributed by atoms with van der Waals surface area (Å²) >= 11 is 0. The van der Waals surface area contributed by atoms with E-state index in [2.05, 4.69) is 98.8 Å². The van der Waals surface area contributed by atoms with Crippen LogP contribution in [-0.4, -0.2) is 25.9 Å².